The van der Waals surface area contributed by atoms with Crippen molar-refractivity contribution in [3.63, 3.8) is 0 Å². The number of nitro benzene ring substituents is 1. The van der Waals surface area contributed by atoms with Gasteiger partial charge in [-0.15, -0.1) is 0 Å². The maximum Gasteiger partial charge on any atom is 0.269 e. The molecule has 1 heterocycles. The lowest BCUT2D eigenvalue weighted by molar-refractivity contribution is -0.384. The van der Waals surface area contributed by atoms with Crippen molar-refractivity contribution in [3.8, 4) is 6.07 Å². The van der Waals surface area contributed by atoms with Crippen LogP contribution in [0.25, 0.3) is 0 Å². The third kappa shape index (κ3) is 2.06. The van der Waals surface area contributed by atoms with Crippen LogP contribution >= 0.6 is 0 Å². The van der Waals surface area contributed by atoms with Gasteiger partial charge in [-0.2, -0.15) is 5.26 Å². The average Bonchev–Trinajstić information content (AvgIpc) is 2.39. The van der Waals surface area contributed by atoms with Gasteiger partial charge < -0.3 is 4.90 Å². The molecule has 0 fully saturated rings. The Kier molecular flexibility index (Phi) is 3.06. The summed E-state index contributed by atoms with van der Waals surface area (Å²) in [5.74, 6) is 0.137. The molecule has 0 atom stereocenters. The Hall–Kier alpha value is -2.68. The zero-order valence-electron chi connectivity index (χ0n) is 9.46. The van der Waals surface area contributed by atoms with Gasteiger partial charge >= 0.3 is 0 Å². The molecule has 0 unspecified atom stereocenters. The summed E-state index contributed by atoms with van der Waals surface area (Å²) in [5.41, 5.74) is 1.03. The van der Waals surface area contributed by atoms with E-state index in [1.165, 1.54) is 12.1 Å². The second kappa shape index (κ2) is 4.67. The summed E-state index contributed by atoms with van der Waals surface area (Å²) in [6.45, 7) is 0.599. The Morgan fingerprint density at radius 1 is 1.39 bits per heavy atom. The molecule has 6 nitrogen and oxygen atoms in total. The van der Waals surface area contributed by atoms with Crippen molar-refractivity contribution in [2.24, 2.45) is 0 Å². The van der Waals surface area contributed by atoms with Gasteiger partial charge in [0.15, 0.2) is 0 Å². The molecule has 18 heavy (non-hydrogen) atoms. The molecule has 1 aromatic rings. The van der Waals surface area contributed by atoms with Crippen LogP contribution in [0.15, 0.2) is 35.9 Å². The van der Waals surface area contributed by atoms with Crippen LogP contribution in [0.4, 0.5) is 11.4 Å². The predicted molar refractivity (Wildman–Crippen MR) is 66.5 cm³/mol. The third-order valence-electron chi connectivity index (χ3n) is 2.72. The van der Waals surface area contributed by atoms with Crippen molar-refractivity contribution in [1.29, 1.82) is 10.7 Å². The molecular weight excluding hydrogens is 232 g/mol. The number of nitriles is 1. The molecule has 0 spiro atoms. The van der Waals surface area contributed by atoms with Gasteiger partial charge in [-0.25, -0.2) is 0 Å². The Morgan fingerprint density at radius 3 is 2.61 bits per heavy atom. The first kappa shape index (κ1) is 11.8. The van der Waals surface area contributed by atoms with E-state index in [0.29, 0.717) is 24.2 Å². The average molecular weight is 242 g/mol. The Balaban J connectivity index is 2.28. The van der Waals surface area contributed by atoms with E-state index in [1.54, 1.807) is 23.1 Å². The zero-order valence-corrected chi connectivity index (χ0v) is 9.46. The van der Waals surface area contributed by atoms with E-state index in [9.17, 15) is 10.1 Å². The van der Waals surface area contributed by atoms with Gasteiger partial charge in [0.2, 0.25) is 0 Å². The zero-order chi connectivity index (χ0) is 13.1. The number of nitro groups is 1. The first-order valence-corrected chi connectivity index (χ1v) is 5.34. The molecular formula is C12H10N4O2. The fourth-order valence-electron chi connectivity index (χ4n) is 1.80. The number of nitrogens with one attached hydrogen (secondary N) is 1. The quantitative estimate of drug-likeness (QED) is 0.635. The summed E-state index contributed by atoms with van der Waals surface area (Å²) in [7, 11) is 0. The van der Waals surface area contributed by atoms with Crippen LogP contribution in [-0.4, -0.2) is 17.3 Å². The van der Waals surface area contributed by atoms with Crippen LogP contribution < -0.4 is 4.90 Å². The molecule has 0 aliphatic carbocycles. The fourth-order valence-corrected chi connectivity index (χ4v) is 1.80. The molecule has 2 rings (SSSR count). The molecule has 6 heteroatoms. The lowest BCUT2D eigenvalue weighted by Crippen LogP contribution is -2.34. The number of rotatable bonds is 2. The molecule has 0 aromatic heterocycles. The number of hydrogen-bond donors (Lipinski definition) is 1. The summed E-state index contributed by atoms with van der Waals surface area (Å²) in [5, 5.41) is 27.3. The van der Waals surface area contributed by atoms with Crippen LogP contribution in [0.3, 0.4) is 0 Å². The standard InChI is InChI=1S/C12H10N4O2/c13-8-9-2-1-7-15(12(9)14)10-3-5-11(6-4-10)16(17)18/h2-6,14H,1,7H2. The summed E-state index contributed by atoms with van der Waals surface area (Å²) in [6, 6.07) is 7.94. The first-order valence-electron chi connectivity index (χ1n) is 5.34. The molecule has 0 saturated carbocycles. The number of benzene rings is 1. The number of hydrogen-bond acceptors (Lipinski definition) is 4. The summed E-state index contributed by atoms with van der Waals surface area (Å²) in [4.78, 5) is 11.8. The molecule has 0 radical (unpaired) electrons. The van der Waals surface area contributed by atoms with Crippen molar-refractivity contribution in [2.75, 3.05) is 11.4 Å². The van der Waals surface area contributed by atoms with E-state index in [4.69, 9.17) is 10.7 Å². The smallest absolute Gasteiger partial charge is 0.269 e. The molecule has 1 N–H and O–H groups in total. The van der Waals surface area contributed by atoms with E-state index in [1.807, 2.05) is 6.07 Å². The second-order valence-corrected chi connectivity index (χ2v) is 3.79. The lowest BCUT2D eigenvalue weighted by atomic mass is 10.1. The molecule has 1 aromatic carbocycles. The number of non-ortho nitro benzene ring substituents is 1. The minimum atomic E-state index is -0.466. The number of nitrogens with zero attached hydrogens (tertiary/aromatic N) is 3. The van der Waals surface area contributed by atoms with Crippen molar-refractivity contribution in [3.05, 3.63) is 46.0 Å². The Labute approximate surface area is 103 Å². The minimum absolute atomic E-state index is 0.0124. The van der Waals surface area contributed by atoms with Gasteiger partial charge in [0.25, 0.3) is 5.69 Å². The van der Waals surface area contributed by atoms with Gasteiger partial charge in [-0.3, -0.25) is 15.5 Å². The highest BCUT2D eigenvalue weighted by Gasteiger charge is 2.20. The highest BCUT2D eigenvalue weighted by Crippen LogP contribution is 2.23. The Bertz CT molecular complexity index is 569. The van der Waals surface area contributed by atoms with Gasteiger partial charge in [0, 0.05) is 24.4 Å². The molecule has 1 aliphatic heterocycles. The van der Waals surface area contributed by atoms with Crippen molar-refractivity contribution in [1.82, 2.24) is 0 Å². The molecule has 0 bridgehead atoms. The third-order valence-corrected chi connectivity index (χ3v) is 2.72. The lowest BCUT2D eigenvalue weighted by Gasteiger charge is -2.27. The van der Waals surface area contributed by atoms with Gasteiger partial charge in [-0.05, 0) is 18.6 Å². The maximum absolute atomic E-state index is 10.5. The van der Waals surface area contributed by atoms with Crippen LogP contribution in [0.1, 0.15) is 6.42 Å². The normalized spacial score (nSPS) is 14.9. The van der Waals surface area contributed by atoms with E-state index >= 15 is 0 Å². The molecule has 0 amide bonds. The number of anilines is 1. The fraction of sp³-hybridized carbons (Fsp3) is 0.167. The maximum atomic E-state index is 10.5. The first-order chi connectivity index (χ1) is 8.63. The van der Waals surface area contributed by atoms with Crippen LogP contribution in [-0.2, 0) is 0 Å². The van der Waals surface area contributed by atoms with Crippen LogP contribution in [0.2, 0.25) is 0 Å². The molecule has 0 saturated heterocycles. The van der Waals surface area contributed by atoms with E-state index in [-0.39, 0.29) is 11.5 Å². The second-order valence-electron chi connectivity index (χ2n) is 3.79. The van der Waals surface area contributed by atoms with E-state index in [2.05, 4.69) is 0 Å². The molecule has 90 valence electrons. The summed E-state index contributed by atoms with van der Waals surface area (Å²) >= 11 is 0. The highest BCUT2D eigenvalue weighted by molar-refractivity contribution is 6.10. The topological polar surface area (TPSA) is 94.0 Å². The predicted octanol–water partition coefficient (Wildman–Crippen LogP) is 2.23. The van der Waals surface area contributed by atoms with E-state index < -0.39 is 4.92 Å². The monoisotopic (exact) mass is 242 g/mol. The minimum Gasteiger partial charge on any atom is -0.325 e. The number of amidine groups is 1. The van der Waals surface area contributed by atoms with Gasteiger partial charge in [0.1, 0.15) is 11.9 Å². The largest absolute Gasteiger partial charge is 0.325 e. The van der Waals surface area contributed by atoms with Gasteiger partial charge in [0.05, 0.1) is 10.5 Å². The van der Waals surface area contributed by atoms with Crippen molar-refractivity contribution in [2.45, 2.75) is 6.42 Å². The Morgan fingerprint density at radius 2 is 2.06 bits per heavy atom. The van der Waals surface area contributed by atoms with Crippen molar-refractivity contribution < 1.29 is 4.92 Å². The van der Waals surface area contributed by atoms with Crippen LogP contribution in [0, 0.1) is 26.9 Å². The van der Waals surface area contributed by atoms with Crippen molar-refractivity contribution >= 4 is 17.2 Å². The summed E-state index contributed by atoms with van der Waals surface area (Å²) in [6.07, 6.45) is 2.41. The van der Waals surface area contributed by atoms with Crippen LogP contribution in [0.5, 0.6) is 0 Å². The molecule has 1 aliphatic rings. The van der Waals surface area contributed by atoms with E-state index in [0.717, 1.165) is 0 Å². The van der Waals surface area contributed by atoms with Gasteiger partial charge in [-0.1, -0.05) is 6.08 Å². The SMILES string of the molecule is N#CC1=CCCN(c2ccc([N+](=O)[O-])cc2)C1=N. The highest BCUT2D eigenvalue weighted by atomic mass is 16.6. The summed E-state index contributed by atoms with van der Waals surface area (Å²) < 4.78 is 0.